The molecule has 1 aliphatic heterocycles. The largest absolute Gasteiger partial charge is 0.484 e. The van der Waals surface area contributed by atoms with Crippen molar-refractivity contribution in [2.45, 2.75) is 31.7 Å². The highest BCUT2D eigenvalue weighted by atomic mass is 16.5. The lowest BCUT2D eigenvalue weighted by Gasteiger charge is -2.31. The molecular formula is C19H27N3O3. The number of nitrogens with two attached hydrogens (primary N) is 1. The van der Waals surface area contributed by atoms with Crippen LogP contribution in [0.15, 0.2) is 30.3 Å². The first-order chi connectivity index (χ1) is 12.1. The highest BCUT2D eigenvalue weighted by Gasteiger charge is 2.30. The van der Waals surface area contributed by atoms with Crippen LogP contribution in [0, 0.1) is 11.8 Å². The second-order valence-electron chi connectivity index (χ2n) is 7.00. The van der Waals surface area contributed by atoms with E-state index in [0.717, 1.165) is 0 Å². The van der Waals surface area contributed by atoms with Crippen molar-refractivity contribution in [3.8, 4) is 5.75 Å². The van der Waals surface area contributed by atoms with Crippen molar-refractivity contribution in [2.75, 3.05) is 26.2 Å². The Hall–Kier alpha value is -2.08. The van der Waals surface area contributed by atoms with Crippen molar-refractivity contribution >= 4 is 11.8 Å². The summed E-state index contributed by atoms with van der Waals surface area (Å²) in [6.45, 7) is 1.80. The molecule has 0 aromatic heterocycles. The van der Waals surface area contributed by atoms with Crippen molar-refractivity contribution < 1.29 is 14.3 Å². The lowest BCUT2D eigenvalue weighted by Crippen LogP contribution is -2.46. The molecule has 1 saturated heterocycles. The molecule has 0 radical (unpaired) electrons. The Morgan fingerprint density at radius 3 is 2.48 bits per heavy atom. The molecule has 136 valence electrons. The van der Waals surface area contributed by atoms with Crippen molar-refractivity contribution in [3.05, 3.63) is 30.3 Å². The monoisotopic (exact) mass is 345 g/mol. The van der Waals surface area contributed by atoms with Crippen molar-refractivity contribution in [3.63, 3.8) is 0 Å². The molecule has 1 heterocycles. The number of nitrogens with zero attached hydrogens (tertiary/aromatic N) is 1. The van der Waals surface area contributed by atoms with Crippen LogP contribution in [0.2, 0.25) is 0 Å². The Balaban J connectivity index is 1.35. The average Bonchev–Trinajstić information content (AvgIpc) is 3.50. The van der Waals surface area contributed by atoms with Gasteiger partial charge in [0.05, 0.1) is 0 Å². The number of carbonyl (C=O) groups is 2. The van der Waals surface area contributed by atoms with Gasteiger partial charge in [-0.1, -0.05) is 18.2 Å². The second-order valence-corrected chi connectivity index (χ2v) is 7.00. The number of para-hydroxylation sites is 1. The number of hydrogen-bond donors (Lipinski definition) is 2. The van der Waals surface area contributed by atoms with E-state index in [1.807, 2.05) is 30.3 Å². The number of piperidine rings is 1. The van der Waals surface area contributed by atoms with Gasteiger partial charge in [-0.25, -0.2) is 0 Å². The second kappa shape index (κ2) is 8.34. The molecule has 1 unspecified atom stereocenters. The number of amides is 2. The fourth-order valence-electron chi connectivity index (χ4n) is 3.20. The quantitative estimate of drug-likeness (QED) is 0.777. The number of ether oxygens (including phenoxy) is 1. The maximum atomic E-state index is 12.2. The number of nitrogens with one attached hydrogen (secondary N) is 1. The summed E-state index contributed by atoms with van der Waals surface area (Å²) >= 11 is 0. The van der Waals surface area contributed by atoms with Gasteiger partial charge in [0.25, 0.3) is 5.91 Å². The number of hydrogen-bond acceptors (Lipinski definition) is 4. The highest BCUT2D eigenvalue weighted by molar-refractivity contribution is 5.80. The van der Waals surface area contributed by atoms with E-state index in [9.17, 15) is 9.59 Å². The van der Waals surface area contributed by atoms with Crippen LogP contribution in [-0.4, -0.2) is 49.0 Å². The van der Waals surface area contributed by atoms with Crippen LogP contribution in [-0.2, 0) is 9.59 Å². The van der Waals surface area contributed by atoms with E-state index in [4.69, 9.17) is 10.5 Å². The summed E-state index contributed by atoms with van der Waals surface area (Å²) in [7, 11) is 0. The van der Waals surface area contributed by atoms with Crippen LogP contribution >= 0.6 is 0 Å². The van der Waals surface area contributed by atoms with Gasteiger partial charge in [-0.15, -0.1) is 0 Å². The molecule has 1 aromatic rings. The van der Waals surface area contributed by atoms with Crippen LogP contribution in [0.4, 0.5) is 0 Å². The van der Waals surface area contributed by atoms with E-state index >= 15 is 0 Å². The summed E-state index contributed by atoms with van der Waals surface area (Å²) in [5.41, 5.74) is 6.02. The van der Waals surface area contributed by atoms with E-state index in [2.05, 4.69) is 5.32 Å². The third-order valence-electron chi connectivity index (χ3n) is 5.06. The zero-order chi connectivity index (χ0) is 17.6. The molecule has 2 aliphatic rings. The molecule has 6 nitrogen and oxygen atoms in total. The molecule has 25 heavy (non-hydrogen) atoms. The Kier molecular flexibility index (Phi) is 5.91. The van der Waals surface area contributed by atoms with Crippen LogP contribution in [0.25, 0.3) is 0 Å². The molecule has 1 aromatic carbocycles. The normalized spacial score (nSPS) is 19.3. The number of likely N-dealkylation sites (tertiary alicyclic amines) is 1. The first-order valence-electron chi connectivity index (χ1n) is 9.12. The molecule has 3 rings (SSSR count). The Morgan fingerprint density at radius 2 is 1.84 bits per heavy atom. The van der Waals surface area contributed by atoms with Crippen LogP contribution in [0.1, 0.15) is 25.7 Å². The number of carbonyl (C=O) groups excluding carboxylic acids is 2. The highest BCUT2D eigenvalue weighted by Crippen LogP contribution is 2.31. The standard InChI is InChI=1S/C19H27N3O3/c20-17(14-6-7-14)12-21-19(24)15-8-10-22(11-9-15)18(23)13-25-16-4-2-1-3-5-16/h1-5,14-15,17H,6-13,20H2,(H,21,24). The lowest BCUT2D eigenvalue weighted by atomic mass is 9.95. The van der Waals surface area contributed by atoms with E-state index in [1.54, 1.807) is 4.90 Å². The Morgan fingerprint density at radius 1 is 1.16 bits per heavy atom. The molecule has 1 atom stereocenters. The minimum Gasteiger partial charge on any atom is -0.484 e. The van der Waals surface area contributed by atoms with Gasteiger partial charge in [-0.05, 0) is 43.7 Å². The summed E-state index contributed by atoms with van der Waals surface area (Å²) < 4.78 is 5.50. The lowest BCUT2D eigenvalue weighted by molar-refractivity contribution is -0.137. The fourth-order valence-corrected chi connectivity index (χ4v) is 3.20. The fraction of sp³-hybridized carbons (Fsp3) is 0.579. The van der Waals surface area contributed by atoms with E-state index in [1.165, 1.54) is 12.8 Å². The topological polar surface area (TPSA) is 84.7 Å². The SMILES string of the molecule is NC(CNC(=O)C1CCN(C(=O)COc2ccccc2)CC1)C1CC1. The number of benzene rings is 1. The van der Waals surface area contributed by atoms with Crippen molar-refractivity contribution in [1.82, 2.24) is 10.2 Å². The van der Waals surface area contributed by atoms with Gasteiger partial charge < -0.3 is 20.7 Å². The maximum absolute atomic E-state index is 12.2. The third kappa shape index (κ3) is 5.19. The van der Waals surface area contributed by atoms with E-state index in [-0.39, 0.29) is 30.4 Å². The predicted octanol–water partition coefficient (Wildman–Crippen LogP) is 1.16. The van der Waals surface area contributed by atoms with E-state index < -0.39 is 0 Å². The zero-order valence-corrected chi connectivity index (χ0v) is 14.5. The average molecular weight is 345 g/mol. The maximum Gasteiger partial charge on any atom is 0.260 e. The smallest absolute Gasteiger partial charge is 0.260 e. The molecule has 2 amide bonds. The zero-order valence-electron chi connectivity index (χ0n) is 14.5. The van der Waals surface area contributed by atoms with Gasteiger partial charge in [0.2, 0.25) is 5.91 Å². The molecule has 2 fully saturated rings. The van der Waals surface area contributed by atoms with Gasteiger partial charge in [0.15, 0.2) is 6.61 Å². The molecule has 1 saturated carbocycles. The minimum absolute atomic E-state index is 0.0227. The van der Waals surface area contributed by atoms with E-state index in [0.29, 0.717) is 44.1 Å². The first kappa shape index (κ1) is 17.7. The summed E-state index contributed by atoms with van der Waals surface area (Å²) in [6.07, 6.45) is 3.76. The molecule has 6 heteroatoms. The van der Waals surface area contributed by atoms with Gasteiger partial charge >= 0.3 is 0 Å². The van der Waals surface area contributed by atoms with Gasteiger partial charge in [0.1, 0.15) is 5.75 Å². The summed E-state index contributed by atoms with van der Waals surface area (Å²) in [5.74, 6) is 1.30. The summed E-state index contributed by atoms with van der Waals surface area (Å²) in [5, 5.41) is 2.97. The van der Waals surface area contributed by atoms with Crippen LogP contribution in [0.3, 0.4) is 0 Å². The molecule has 0 bridgehead atoms. The predicted molar refractivity (Wildman–Crippen MR) is 95.0 cm³/mol. The Bertz CT molecular complexity index is 581. The number of rotatable bonds is 7. The van der Waals surface area contributed by atoms with Gasteiger partial charge in [-0.3, -0.25) is 9.59 Å². The van der Waals surface area contributed by atoms with Crippen LogP contribution in [0.5, 0.6) is 5.75 Å². The molecular weight excluding hydrogens is 318 g/mol. The molecule has 3 N–H and O–H groups in total. The molecule has 0 spiro atoms. The van der Waals surface area contributed by atoms with Gasteiger partial charge in [0, 0.05) is 31.6 Å². The minimum atomic E-state index is -0.0292. The third-order valence-corrected chi connectivity index (χ3v) is 5.06. The molecule has 1 aliphatic carbocycles. The van der Waals surface area contributed by atoms with Crippen LogP contribution < -0.4 is 15.8 Å². The van der Waals surface area contributed by atoms with Crippen molar-refractivity contribution in [1.29, 1.82) is 0 Å². The summed E-state index contributed by atoms with van der Waals surface area (Å²) in [6, 6.07) is 9.40. The van der Waals surface area contributed by atoms with Crippen molar-refractivity contribution in [2.24, 2.45) is 17.6 Å². The van der Waals surface area contributed by atoms with Gasteiger partial charge in [-0.2, -0.15) is 0 Å². The Labute approximate surface area is 148 Å². The summed E-state index contributed by atoms with van der Waals surface area (Å²) in [4.78, 5) is 26.2. The first-order valence-corrected chi connectivity index (χ1v) is 9.12.